The minimum absolute atomic E-state index is 0.00169. The summed E-state index contributed by atoms with van der Waals surface area (Å²) in [6.07, 6.45) is 4.24. The van der Waals surface area contributed by atoms with E-state index in [0.29, 0.717) is 23.0 Å². The molecular formula is C23H25N3O3S2. The van der Waals surface area contributed by atoms with Gasteiger partial charge in [-0.25, -0.2) is 4.98 Å². The molecule has 4 rings (SSSR count). The fourth-order valence-corrected chi connectivity index (χ4v) is 6.11. The smallest absolute Gasteiger partial charge is 0.263 e. The van der Waals surface area contributed by atoms with Gasteiger partial charge in [0.05, 0.1) is 10.6 Å². The normalized spacial score (nSPS) is 14.3. The number of Topliss-reactive ketones (excluding diaryl/α,β-unsaturated/α-hetero) is 1. The molecule has 1 amide bonds. The monoisotopic (exact) mass is 455 g/mol. The second-order valence-electron chi connectivity index (χ2n) is 7.72. The molecule has 6 nitrogen and oxygen atoms in total. The van der Waals surface area contributed by atoms with Crippen molar-refractivity contribution in [3.63, 3.8) is 0 Å². The molecule has 0 aliphatic heterocycles. The average Bonchev–Trinajstić information content (AvgIpc) is 3.12. The Morgan fingerprint density at radius 3 is 2.61 bits per heavy atom. The summed E-state index contributed by atoms with van der Waals surface area (Å²) < 4.78 is 1.68. The third kappa shape index (κ3) is 4.32. The first-order chi connectivity index (χ1) is 14.9. The van der Waals surface area contributed by atoms with Crippen molar-refractivity contribution < 1.29 is 9.59 Å². The topological polar surface area (TPSA) is 81.1 Å². The molecule has 1 atom stereocenters. The maximum Gasteiger partial charge on any atom is 0.263 e. The number of amides is 1. The molecule has 0 bridgehead atoms. The predicted molar refractivity (Wildman–Crippen MR) is 127 cm³/mol. The van der Waals surface area contributed by atoms with Crippen molar-refractivity contribution in [2.75, 3.05) is 5.32 Å². The van der Waals surface area contributed by atoms with Gasteiger partial charge in [-0.3, -0.25) is 19.0 Å². The number of carbonyl (C=O) groups excluding carboxylic acids is 2. The van der Waals surface area contributed by atoms with E-state index < -0.39 is 5.25 Å². The fraction of sp³-hybridized carbons (Fsp3) is 0.391. The van der Waals surface area contributed by atoms with Crippen molar-refractivity contribution in [1.82, 2.24) is 9.55 Å². The molecule has 1 aromatic carbocycles. The molecule has 8 heteroatoms. The minimum atomic E-state index is -0.441. The predicted octanol–water partition coefficient (Wildman–Crippen LogP) is 4.68. The first-order valence-electron chi connectivity index (χ1n) is 10.5. The number of aryl methyl sites for hydroxylation is 2. The van der Waals surface area contributed by atoms with Crippen molar-refractivity contribution in [2.24, 2.45) is 0 Å². The van der Waals surface area contributed by atoms with Gasteiger partial charge in [-0.2, -0.15) is 0 Å². The summed E-state index contributed by atoms with van der Waals surface area (Å²) in [5.41, 5.74) is 2.41. The highest BCUT2D eigenvalue weighted by Crippen LogP contribution is 2.35. The molecule has 3 aromatic rings. The summed E-state index contributed by atoms with van der Waals surface area (Å²) in [7, 11) is 0. The van der Waals surface area contributed by atoms with Crippen LogP contribution in [-0.2, 0) is 24.2 Å². The highest BCUT2D eigenvalue weighted by atomic mass is 32.2. The van der Waals surface area contributed by atoms with Gasteiger partial charge in [-0.1, -0.05) is 11.8 Å². The van der Waals surface area contributed by atoms with Gasteiger partial charge in [0.25, 0.3) is 5.56 Å². The van der Waals surface area contributed by atoms with E-state index in [1.54, 1.807) is 47.1 Å². The molecule has 31 heavy (non-hydrogen) atoms. The first-order valence-corrected chi connectivity index (χ1v) is 12.2. The number of aromatic nitrogens is 2. The van der Waals surface area contributed by atoms with E-state index in [0.717, 1.165) is 35.9 Å². The molecule has 2 heterocycles. The Kier molecular flexibility index (Phi) is 6.29. The number of benzene rings is 1. The Hall–Kier alpha value is -2.45. The molecule has 2 aromatic heterocycles. The number of fused-ring (bicyclic) bond motifs is 3. The molecular weight excluding hydrogens is 430 g/mol. The fourth-order valence-electron chi connectivity index (χ4n) is 3.83. The minimum Gasteiger partial charge on any atom is -0.325 e. The van der Waals surface area contributed by atoms with E-state index in [4.69, 9.17) is 4.98 Å². The van der Waals surface area contributed by atoms with Crippen LogP contribution in [0.25, 0.3) is 10.2 Å². The van der Waals surface area contributed by atoms with Crippen LogP contribution in [0.3, 0.4) is 0 Å². The number of rotatable bonds is 6. The second-order valence-corrected chi connectivity index (χ2v) is 10.1. The van der Waals surface area contributed by atoms with Gasteiger partial charge in [-0.15, -0.1) is 11.3 Å². The van der Waals surface area contributed by atoms with E-state index in [1.165, 1.54) is 29.1 Å². The number of hydrogen-bond donors (Lipinski definition) is 1. The van der Waals surface area contributed by atoms with Crippen LogP contribution >= 0.6 is 23.1 Å². The lowest BCUT2D eigenvalue weighted by Crippen LogP contribution is -2.26. The van der Waals surface area contributed by atoms with Crippen LogP contribution in [0.1, 0.15) is 54.4 Å². The summed E-state index contributed by atoms with van der Waals surface area (Å²) in [6.45, 7) is 5.75. The van der Waals surface area contributed by atoms with E-state index >= 15 is 0 Å². The standard InChI is InChI=1S/C23H25N3O3S2/c1-4-26-22(29)19-17-7-5-6-8-18(17)31-21(19)25-23(26)30-14(3)20(28)24-16-11-9-15(10-12-16)13(2)27/h9-12,14H,4-8H2,1-3H3,(H,24,28). The van der Waals surface area contributed by atoms with Crippen LogP contribution in [0.2, 0.25) is 0 Å². The second kappa shape index (κ2) is 8.96. The van der Waals surface area contributed by atoms with Crippen molar-refractivity contribution in [3.05, 3.63) is 50.6 Å². The number of thioether (sulfide) groups is 1. The van der Waals surface area contributed by atoms with Gasteiger partial charge in [0.2, 0.25) is 5.91 Å². The Balaban J connectivity index is 1.57. The van der Waals surface area contributed by atoms with Gasteiger partial charge >= 0.3 is 0 Å². The summed E-state index contributed by atoms with van der Waals surface area (Å²) in [4.78, 5) is 44.2. The zero-order valence-corrected chi connectivity index (χ0v) is 19.5. The SMILES string of the molecule is CCn1c(SC(C)C(=O)Nc2ccc(C(C)=O)cc2)nc2sc3c(c2c1=O)CCCC3. The Labute approximate surface area is 189 Å². The summed E-state index contributed by atoms with van der Waals surface area (Å²) >= 11 is 2.92. The number of carbonyl (C=O) groups is 2. The molecule has 0 saturated carbocycles. The molecule has 0 radical (unpaired) electrons. The number of ketones is 1. The van der Waals surface area contributed by atoms with E-state index in [1.807, 2.05) is 6.92 Å². The summed E-state index contributed by atoms with van der Waals surface area (Å²) in [5.74, 6) is -0.195. The number of nitrogens with one attached hydrogen (secondary N) is 1. The quantitative estimate of drug-likeness (QED) is 0.332. The van der Waals surface area contributed by atoms with Crippen LogP contribution in [0, 0.1) is 0 Å². The van der Waals surface area contributed by atoms with Crippen LogP contribution in [0.4, 0.5) is 5.69 Å². The molecule has 0 fully saturated rings. The lowest BCUT2D eigenvalue weighted by atomic mass is 9.97. The van der Waals surface area contributed by atoms with E-state index in [2.05, 4.69) is 5.32 Å². The number of hydrogen-bond acceptors (Lipinski definition) is 6. The van der Waals surface area contributed by atoms with Gasteiger partial charge in [0, 0.05) is 22.7 Å². The maximum absolute atomic E-state index is 13.2. The van der Waals surface area contributed by atoms with Gasteiger partial charge in [-0.05, 0) is 76.3 Å². The molecule has 162 valence electrons. The number of anilines is 1. The molecule has 1 aliphatic carbocycles. The third-order valence-corrected chi connectivity index (χ3v) is 7.84. The van der Waals surface area contributed by atoms with Crippen molar-refractivity contribution in [3.8, 4) is 0 Å². The largest absolute Gasteiger partial charge is 0.325 e. The van der Waals surface area contributed by atoms with Crippen LogP contribution < -0.4 is 10.9 Å². The average molecular weight is 456 g/mol. The summed E-state index contributed by atoms with van der Waals surface area (Å²) in [6, 6.07) is 6.82. The third-order valence-electron chi connectivity index (χ3n) is 5.57. The van der Waals surface area contributed by atoms with E-state index in [9.17, 15) is 14.4 Å². The zero-order valence-electron chi connectivity index (χ0n) is 17.9. The highest BCUT2D eigenvalue weighted by molar-refractivity contribution is 8.00. The van der Waals surface area contributed by atoms with Crippen LogP contribution in [-0.4, -0.2) is 26.5 Å². The lowest BCUT2D eigenvalue weighted by molar-refractivity contribution is -0.115. The Morgan fingerprint density at radius 2 is 1.94 bits per heavy atom. The van der Waals surface area contributed by atoms with Crippen LogP contribution in [0.5, 0.6) is 0 Å². The first kappa shape index (κ1) is 21.8. The van der Waals surface area contributed by atoms with Crippen molar-refractivity contribution in [1.29, 1.82) is 0 Å². The highest BCUT2D eigenvalue weighted by Gasteiger charge is 2.24. The van der Waals surface area contributed by atoms with Gasteiger partial charge in [0.1, 0.15) is 4.83 Å². The molecule has 1 N–H and O–H groups in total. The molecule has 0 saturated heterocycles. The van der Waals surface area contributed by atoms with Crippen molar-refractivity contribution >= 4 is 50.7 Å². The maximum atomic E-state index is 13.2. The van der Waals surface area contributed by atoms with Gasteiger partial charge in [0.15, 0.2) is 10.9 Å². The molecule has 1 unspecified atom stereocenters. The lowest BCUT2D eigenvalue weighted by Gasteiger charge is -2.15. The number of nitrogens with zero attached hydrogens (tertiary/aromatic N) is 2. The van der Waals surface area contributed by atoms with Crippen LogP contribution in [0.15, 0.2) is 34.2 Å². The van der Waals surface area contributed by atoms with Gasteiger partial charge < -0.3 is 5.32 Å². The van der Waals surface area contributed by atoms with Crippen molar-refractivity contribution in [2.45, 2.75) is 63.4 Å². The van der Waals surface area contributed by atoms with E-state index in [-0.39, 0.29) is 17.2 Å². The number of thiophene rings is 1. The molecule has 1 aliphatic rings. The Morgan fingerprint density at radius 1 is 1.23 bits per heavy atom. The zero-order chi connectivity index (χ0) is 22.1. The Bertz CT molecular complexity index is 1210. The summed E-state index contributed by atoms with van der Waals surface area (Å²) in [5, 5.41) is 3.78. The molecule has 0 spiro atoms.